The molecule has 2 aromatic rings. The Kier molecular flexibility index (Phi) is 2.88. The van der Waals surface area contributed by atoms with Gasteiger partial charge in [-0.3, -0.25) is 0 Å². The first-order chi connectivity index (χ1) is 8.72. The van der Waals surface area contributed by atoms with E-state index in [2.05, 4.69) is 24.4 Å². The minimum absolute atomic E-state index is 0.345. The van der Waals surface area contributed by atoms with Gasteiger partial charge in [-0.1, -0.05) is 29.8 Å². The zero-order chi connectivity index (χ0) is 12.5. The first kappa shape index (κ1) is 11.4. The molecule has 1 unspecified atom stereocenters. The minimum Gasteiger partial charge on any atom is -0.489 e. The topological polar surface area (TPSA) is 21.3 Å². The van der Waals surface area contributed by atoms with Gasteiger partial charge in [0.25, 0.3) is 0 Å². The third kappa shape index (κ3) is 2.16. The van der Waals surface area contributed by atoms with E-state index in [1.807, 2.05) is 30.3 Å². The van der Waals surface area contributed by atoms with Gasteiger partial charge in [0.05, 0.1) is 11.7 Å². The normalized spacial score (nSPS) is 17.6. The van der Waals surface area contributed by atoms with E-state index in [9.17, 15) is 0 Å². The Hall–Kier alpha value is -1.67. The van der Waals surface area contributed by atoms with Gasteiger partial charge < -0.3 is 10.1 Å². The van der Waals surface area contributed by atoms with E-state index in [1.54, 1.807) is 0 Å². The lowest BCUT2D eigenvalue weighted by Crippen LogP contribution is -2.28. The Bertz CT molecular complexity index is 565. The number of halogens is 1. The zero-order valence-corrected chi connectivity index (χ0v) is 10.9. The molecule has 1 aliphatic heterocycles. The van der Waals surface area contributed by atoms with Crippen LogP contribution in [0.15, 0.2) is 42.5 Å². The Labute approximate surface area is 112 Å². The van der Waals surface area contributed by atoms with Gasteiger partial charge in [0.2, 0.25) is 0 Å². The predicted molar refractivity (Wildman–Crippen MR) is 75.5 cm³/mol. The summed E-state index contributed by atoms with van der Waals surface area (Å²) in [5, 5.41) is 4.19. The monoisotopic (exact) mass is 259 g/mol. The summed E-state index contributed by atoms with van der Waals surface area (Å²) in [6, 6.07) is 14.4. The van der Waals surface area contributed by atoms with Gasteiger partial charge in [-0.25, -0.2) is 0 Å². The lowest BCUT2D eigenvalue weighted by molar-refractivity contribution is 0.292. The second kappa shape index (κ2) is 4.54. The summed E-state index contributed by atoms with van der Waals surface area (Å²) in [6.45, 7) is 2.82. The molecule has 0 spiro atoms. The predicted octanol–water partition coefficient (Wildman–Crippen LogP) is 4.20. The molecule has 0 saturated carbocycles. The number of ether oxygens (including phenoxy) is 1. The van der Waals surface area contributed by atoms with Crippen LogP contribution in [0.1, 0.15) is 6.92 Å². The second-order valence-corrected chi connectivity index (χ2v) is 5.01. The molecule has 3 heteroatoms. The molecule has 0 bridgehead atoms. The maximum atomic E-state index is 5.90. The van der Waals surface area contributed by atoms with Crippen LogP contribution in [0, 0.1) is 0 Å². The molecule has 0 saturated heterocycles. The molecule has 1 N–H and O–H groups in total. The SMILES string of the molecule is CC1COc2ccc(-c3ccc(Cl)cc3)cc2N1. The molecule has 1 atom stereocenters. The van der Waals surface area contributed by atoms with E-state index in [0.717, 1.165) is 27.6 Å². The molecule has 3 rings (SSSR count). The van der Waals surface area contributed by atoms with Crippen molar-refractivity contribution in [2.45, 2.75) is 13.0 Å². The van der Waals surface area contributed by atoms with Crippen LogP contribution in [-0.4, -0.2) is 12.6 Å². The average molecular weight is 260 g/mol. The molecule has 92 valence electrons. The number of hydrogen-bond donors (Lipinski definition) is 1. The molecule has 2 aromatic carbocycles. The van der Waals surface area contributed by atoms with Crippen molar-refractivity contribution in [1.82, 2.24) is 0 Å². The van der Waals surface area contributed by atoms with Crippen molar-refractivity contribution < 1.29 is 4.74 Å². The van der Waals surface area contributed by atoms with Crippen molar-refractivity contribution in [3.05, 3.63) is 47.5 Å². The largest absolute Gasteiger partial charge is 0.489 e. The molecule has 18 heavy (non-hydrogen) atoms. The summed E-state index contributed by atoms with van der Waals surface area (Å²) >= 11 is 5.90. The van der Waals surface area contributed by atoms with Crippen LogP contribution in [0.4, 0.5) is 5.69 Å². The third-order valence-electron chi connectivity index (χ3n) is 3.05. The van der Waals surface area contributed by atoms with Crippen molar-refractivity contribution in [2.75, 3.05) is 11.9 Å². The molecule has 1 aliphatic rings. The maximum absolute atomic E-state index is 5.90. The van der Waals surface area contributed by atoms with Gasteiger partial charge >= 0.3 is 0 Å². The summed E-state index contributed by atoms with van der Waals surface area (Å²) < 4.78 is 5.66. The Morgan fingerprint density at radius 2 is 1.83 bits per heavy atom. The quantitative estimate of drug-likeness (QED) is 0.829. The smallest absolute Gasteiger partial charge is 0.142 e. The minimum atomic E-state index is 0.345. The van der Waals surface area contributed by atoms with E-state index >= 15 is 0 Å². The van der Waals surface area contributed by atoms with Crippen molar-refractivity contribution in [1.29, 1.82) is 0 Å². The Balaban J connectivity index is 1.99. The first-order valence-electron chi connectivity index (χ1n) is 6.02. The second-order valence-electron chi connectivity index (χ2n) is 4.57. The van der Waals surface area contributed by atoms with Gasteiger partial charge in [0.15, 0.2) is 0 Å². The zero-order valence-electron chi connectivity index (χ0n) is 10.1. The fourth-order valence-corrected chi connectivity index (χ4v) is 2.24. The molecule has 2 nitrogen and oxygen atoms in total. The highest BCUT2D eigenvalue weighted by atomic mass is 35.5. The average Bonchev–Trinajstić information content (AvgIpc) is 2.38. The molecule has 0 amide bonds. The van der Waals surface area contributed by atoms with Crippen LogP contribution < -0.4 is 10.1 Å². The van der Waals surface area contributed by atoms with Crippen molar-refractivity contribution in [3.8, 4) is 16.9 Å². The molecular weight excluding hydrogens is 246 g/mol. The number of anilines is 1. The fourth-order valence-electron chi connectivity index (χ4n) is 2.11. The van der Waals surface area contributed by atoms with Crippen molar-refractivity contribution in [3.63, 3.8) is 0 Å². The van der Waals surface area contributed by atoms with E-state index in [4.69, 9.17) is 16.3 Å². The molecule has 1 heterocycles. The van der Waals surface area contributed by atoms with E-state index in [1.165, 1.54) is 0 Å². The van der Waals surface area contributed by atoms with Crippen LogP contribution in [-0.2, 0) is 0 Å². The lowest BCUT2D eigenvalue weighted by Gasteiger charge is -2.25. The van der Waals surface area contributed by atoms with Gasteiger partial charge in [0.1, 0.15) is 12.4 Å². The van der Waals surface area contributed by atoms with Gasteiger partial charge in [0, 0.05) is 5.02 Å². The maximum Gasteiger partial charge on any atom is 0.142 e. The van der Waals surface area contributed by atoms with Crippen LogP contribution >= 0.6 is 11.6 Å². The van der Waals surface area contributed by atoms with Crippen LogP contribution in [0.5, 0.6) is 5.75 Å². The lowest BCUT2D eigenvalue weighted by atomic mass is 10.0. The molecule has 0 fully saturated rings. The number of hydrogen-bond acceptors (Lipinski definition) is 2. The highest BCUT2D eigenvalue weighted by molar-refractivity contribution is 6.30. The summed E-state index contributed by atoms with van der Waals surface area (Å²) in [6.07, 6.45) is 0. The van der Waals surface area contributed by atoms with Crippen molar-refractivity contribution >= 4 is 17.3 Å². The fraction of sp³-hybridized carbons (Fsp3) is 0.200. The molecule has 0 radical (unpaired) electrons. The van der Waals surface area contributed by atoms with Gasteiger partial charge in [-0.2, -0.15) is 0 Å². The van der Waals surface area contributed by atoms with E-state index in [0.29, 0.717) is 12.6 Å². The van der Waals surface area contributed by atoms with Crippen LogP contribution in [0.25, 0.3) is 11.1 Å². The highest BCUT2D eigenvalue weighted by Gasteiger charge is 2.15. The number of fused-ring (bicyclic) bond motifs is 1. The molecular formula is C15H14ClNO. The highest BCUT2D eigenvalue weighted by Crippen LogP contribution is 2.33. The molecule has 0 aliphatic carbocycles. The summed E-state index contributed by atoms with van der Waals surface area (Å²) in [7, 11) is 0. The van der Waals surface area contributed by atoms with E-state index < -0.39 is 0 Å². The standard InChI is InChI=1S/C15H14ClNO/c1-10-9-18-15-7-4-12(8-14(15)17-10)11-2-5-13(16)6-3-11/h2-8,10,17H,9H2,1H3. The number of rotatable bonds is 1. The first-order valence-corrected chi connectivity index (χ1v) is 6.39. The van der Waals surface area contributed by atoms with Gasteiger partial charge in [-0.15, -0.1) is 0 Å². The Morgan fingerprint density at radius 3 is 2.61 bits per heavy atom. The van der Waals surface area contributed by atoms with Crippen LogP contribution in [0.2, 0.25) is 5.02 Å². The summed E-state index contributed by atoms with van der Waals surface area (Å²) in [4.78, 5) is 0. The third-order valence-corrected chi connectivity index (χ3v) is 3.30. The van der Waals surface area contributed by atoms with Gasteiger partial charge in [-0.05, 0) is 42.3 Å². The van der Waals surface area contributed by atoms with E-state index in [-0.39, 0.29) is 0 Å². The van der Waals surface area contributed by atoms with Crippen LogP contribution in [0.3, 0.4) is 0 Å². The summed E-state index contributed by atoms with van der Waals surface area (Å²) in [5.41, 5.74) is 3.37. The molecule has 0 aromatic heterocycles. The summed E-state index contributed by atoms with van der Waals surface area (Å²) in [5.74, 6) is 0.922. The Morgan fingerprint density at radius 1 is 1.11 bits per heavy atom. The number of benzene rings is 2. The number of nitrogens with one attached hydrogen (secondary N) is 1. The van der Waals surface area contributed by atoms with Crippen molar-refractivity contribution in [2.24, 2.45) is 0 Å².